The van der Waals surface area contributed by atoms with E-state index in [1.165, 1.54) is 18.4 Å². The predicted octanol–water partition coefficient (Wildman–Crippen LogP) is 2.12. The Morgan fingerprint density at radius 3 is 3.20 bits per heavy atom. The number of nitrogens with zero attached hydrogens (tertiary/aromatic N) is 1. The number of hydrogen-bond donors (Lipinski definition) is 0. The molecule has 78 valence electrons. The van der Waals surface area contributed by atoms with Crippen molar-refractivity contribution >= 4 is 17.3 Å². The molecule has 15 heavy (non-hydrogen) atoms. The first-order valence-corrected chi connectivity index (χ1v) is 5.21. The van der Waals surface area contributed by atoms with Crippen molar-refractivity contribution in [3.8, 4) is 10.6 Å². The molecule has 0 aliphatic heterocycles. The molecule has 0 fully saturated rings. The number of carbonyl (C=O) groups excluding carboxylic acids is 1. The molecule has 0 aliphatic rings. The maximum absolute atomic E-state index is 11.0. The summed E-state index contributed by atoms with van der Waals surface area (Å²) in [5, 5.41) is 2.70. The summed E-state index contributed by atoms with van der Waals surface area (Å²) < 4.78 is 9.52. The highest BCUT2D eigenvalue weighted by Crippen LogP contribution is 2.24. The molecule has 2 aromatic rings. The molecular weight excluding hydrogens is 214 g/mol. The molecule has 0 aliphatic carbocycles. The molecule has 0 saturated carbocycles. The number of methoxy groups -OCH3 is 1. The van der Waals surface area contributed by atoms with Crippen molar-refractivity contribution < 1.29 is 13.9 Å². The average molecular weight is 223 g/mol. The molecule has 0 atom stereocenters. The highest BCUT2D eigenvalue weighted by atomic mass is 32.1. The molecular formula is C10H9NO3S. The van der Waals surface area contributed by atoms with Gasteiger partial charge in [0, 0.05) is 10.9 Å². The third kappa shape index (κ3) is 2.24. The van der Waals surface area contributed by atoms with Gasteiger partial charge in [0.25, 0.3) is 0 Å². The Balaban J connectivity index is 2.14. The van der Waals surface area contributed by atoms with Gasteiger partial charge in [-0.05, 0) is 6.07 Å². The van der Waals surface area contributed by atoms with Crippen molar-refractivity contribution in [2.75, 3.05) is 7.11 Å². The monoisotopic (exact) mass is 223 g/mol. The summed E-state index contributed by atoms with van der Waals surface area (Å²) in [6.07, 6.45) is 3.43. The normalized spacial score (nSPS) is 10.2. The van der Waals surface area contributed by atoms with Crippen LogP contribution in [-0.2, 0) is 16.0 Å². The quantitative estimate of drug-likeness (QED) is 0.748. The molecule has 0 radical (unpaired) electrons. The zero-order valence-corrected chi connectivity index (χ0v) is 8.91. The number of thiazole rings is 1. The molecule has 0 spiro atoms. The lowest BCUT2D eigenvalue weighted by atomic mass is 10.3. The van der Waals surface area contributed by atoms with E-state index >= 15 is 0 Å². The Labute approximate surface area is 90.5 Å². The molecule has 2 heterocycles. The molecule has 0 aromatic carbocycles. The number of furan rings is 1. The van der Waals surface area contributed by atoms with Crippen LogP contribution in [0, 0.1) is 0 Å². The summed E-state index contributed by atoms with van der Waals surface area (Å²) in [7, 11) is 1.37. The highest BCUT2D eigenvalue weighted by molar-refractivity contribution is 7.13. The summed E-state index contributed by atoms with van der Waals surface area (Å²) in [6.45, 7) is 0. The Morgan fingerprint density at radius 2 is 2.53 bits per heavy atom. The summed E-state index contributed by atoms with van der Waals surface area (Å²) >= 11 is 1.48. The van der Waals surface area contributed by atoms with Gasteiger partial charge < -0.3 is 9.15 Å². The van der Waals surface area contributed by atoms with Gasteiger partial charge in [-0.25, -0.2) is 4.98 Å². The fourth-order valence-electron chi connectivity index (χ4n) is 1.13. The summed E-state index contributed by atoms with van der Waals surface area (Å²) in [4.78, 5) is 15.3. The van der Waals surface area contributed by atoms with Crippen LogP contribution in [0.4, 0.5) is 0 Å². The second kappa shape index (κ2) is 4.27. The molecule has 0 unspecified atom stereocenters. The largest absolute Gasteiger partial charge is 0.472 e. The molecule has 2 rings (SSSR count). The lowest BCUT2D eigenvalue weighted by molar-refractivity contribution is -0.139. The zero-order chi connectivity index (χ0) is 10.7. The van der Waals surface area contributed by atoms with Crippen molar-refractivity contribution in [1.29, 1.82) is 0 Å². The SMILES string of the molecule is COC(=O)Cc1csc(-c2ccoc2)n1. The minimum Gasteiger partial charge on any atom is -0.472 e. The van der Waals surface area contributed by atoms with Gasteiger partial charge in [-0.1, -0.05) is 0 Å². The van der Waals surface area contributed by atoms with Crippen molar-refractivity contribution in [2.24, 2.45) is 0 Å². The van der Waals surface area contributed by atoms with Gasteiger partial charge in [0.1, 0.15) is 11.3 Å². The third-order valence-corrected chi connectivity index (χ3v) is 2.81. The van der Waals surface area contributed by atoms with Crippen molar-refractivity contribution in [1.82, 2.24) is 4.98 Å². The van der Waals surface area contributed by atoms with Crippen LogP contribution in [0.15, 0.2) is 28.4 Å². The average Bonchev–Trinajstić information content (AvgIpc) is 2.85. The maximum Gasteiger partial charge on any atom is 0.311 e. The molecule has 0 saturated heterocycles. The Hall–Kier alpha value is -1.62. The van der Waals surface area contributed by atoms with E-state index in [0.29, 0.717) is 0 Å². The number of esters is 1. The first-order valence-electron chi connectivity index (χ1n) is 4.33. The van der Waals surface area contributed by atoms with Crippen molar-refractivity contribution in [2.45, 2.75) is 6.42 Å². The lowest BCUT2D eigenvalue weighted by Gasteiger charge is -1.93. The predicted molar refractivity (Wildman–Crippen MR) is 55.5 cm³/mol. The number of ether oxygens (including phenoxy) is 1. The fraction of sp³-hybridized carbons (Fsp3) is 0.200. The molecule has 4 nitrogen and oxygen atoms in total. The van der Waals surface area contributed by atoms with Gasteiger partial charge in [-0.2, -0.15) is 0 Å². The Morgan fingerprint density at radius 1 is 1.67 bits per heavy atom. The van der Waals surface area contributed by atoms with E-state index in [4.69, 9.17) is 4.42 Å². The fourth-order valence-corrected chi connectivity index (χ4v) is 1.93. The first-order chi connectivity index (χ1) is 7.29. The number of hydrogen-bond acceptors (Lipinski definition) is 5. The molecule has 0 bridgehead atoms. The van der Waals surface area contributed by atoms with Crippen LogP contribution in [0.3, 0.4) is 0 Å². The smallest absolute Gasteiger partial charge is 0.311 e. The van der Waals surface area contributed by atoms with Gasteiger partial charge in [0.2, 0.25) is 0 Å². The molecule has 2 aromatic heterocycles. The minimum atomic E-state index is -0.279. The topological polar surface area (TPSA) is 52.3 Å². The number of carbonyl (C=O) groups is 1. The second-order valence-corrected chi connectivity index (χ2v) is 3.77. The van der Waals surface area contributed by atoms with Gasteiger partial charge >= 0.3 is 5.97 Å². The Bertz CT molecular complexity index is 447. The van der Waals surface area contributed by atoms with E-state index in [9.17, 15) is 4.79 Å². The van der Waals surface area contributed by atoms with E-state index in [1.807, 2.05) is 11.4 Å². The standard InChI is InChI=1S/C10H9NO3S/c1-13-9(12)4-8-6-15-10(11-8)7-2-3-14-5-7/h2-3,5-6H,4H2,1H3. The van der Waals surface area contributed by atoms with Crippen LogP contribution < -0.4 is 0 Å². The van der Waals surface area contributed by atoms with E-state index in [-0.39, 0.29) is 12.4 Å². The van der Waals surface area contributed by atoms with Gasteiger partial charge in [0.15, 0.2) is 0 Å². The number of aromatic nitrogens is 1. The minimum absolute atomic E-state index is 0.213. The van der Waals surface area contributed by atoms with Crippen LogP contribution in [0.2, 0.25) is 0 Å². The van der Waals surface area contributed by atoms with Crippen LogP contribution in [0.25, 0.3) is 10.6 Å². The summed E-state index contributed by atoms with van der Waals surface area (Å²) in [5.41, 5.74) is 1.65. The lowest BCUT2D eigenvalue weighted by Crippen LogP contribution is -2.04. The Kier molecular flexibility index (Phi) is 2.82. The van der Waals surface area contributed by atoms with E-state index in [0.717, 1.165) is 16.3 Å². The summed E-state index contributed by atoms with van der Waals surface area (Å²) in [5.74, 6) is -0.279. The molecule has 5 heteroatoms. The second-order valence-electron chi connectivity index (χ2n) is 2.91. The van der Waals surface area contributed by atoms with E-state index in [2.05, 4.69) is 9.72 Å². The first kappa shape index (κ1) is 9.92. The summed E-state index contributed by atoms with van der Waals surface area (Å²) in [6, 6.07) is 1.83. The van der Waals surface area contributed by atoms with Gasteiger partial charge in [0.05, 0.1) is 25.5 Å². The molecule has 0 N–H and O–H groups in total. The van der Waals surface area contributed by atoms with E-state index < -0.39 is 0 Å². The van der Waals surface area contributed by atoms with Crippen molar-refractivity contribution in [3.63, 3.8) is 0 Å². The maximum atomic E-state index is 11.0. The van der Waals surface area contributed by atoms with Gasteiger partial charge in [-0.15, -0.1) is 11.3 Å². The highest BCUT2D eigenvalue weighted by Gasteiger charge is 2.09. The zero-order valence-electron chi connectivity index (χ0n) is 8.10. The molecule has 0 amide bonds. The van der Waals surface area contributed by atoms with Gasteiger partial charge in [-0.3, -0.25) is 4.79 Å². The van der Waals surface area contributed by atoms with Crippen molar-refractivity contribution in [3.05, 3.63) is 29.7 Å². The number of rotatable bonds is 3. The van der Waals surface area contributed by atoms with Crippen LogP contribution >= 0.6 is 11.3 Å². The third-order valence-electron chi connectivity index (χ3n) is 1.87. The van der Waals surface area contributed by atoms with E-state index in [1.54, 1.807) is 12.5 Å². The van der Waals surface area contributed by atoms with Crippen LogP contribution in [0.1, 0.15) is 5.69 Å². The van der Waals surface area contributed by atoms with Crippen LogP contribution in [-0.4, -0.2) is 18.1 Å². The van der Waals surface area contributed by atoms with Crippen LogP contribution in [0.5, 0.6) is 0 Å².